The second kappa shape index (κ2) is 6.28. The van der Waals surface area contributed by atoms with E-state index in [1.165, 1.54) is 0 Å². The second-order valence-electron chi connectivity index (χ2n) is 4.63. The van der Waals surface area contributed by atoms with E-state index in [0.717, 1.165) is 16.1 Å². The third-order valence-corrected chi connectivity index (χ3v) is 4.31. The lowest BCUT2D eigenvalue weighted by Crippen LogP contribution is -2.58. The largest absolute Gasteiger partial charge is 0.350 e. The number of hydrogen-bond acceptors (Lipinski definition) is 5. The lowest BCUT2D eigenvalue weighted by atomic mass is 10.1. The molecule has 1 fully saturated rings. The molecule has 1 atom stereocenters. The number of benzene rings is 1. The maximum Gasteiger partial charge on any atom is 0.249 e. The summed E-state index contributed by atoms with van der Waals surface area (Å²) < 4.78 is 0. The zero-order valence-corrected chi connectivity index (χ0v) is 12.5. The van der Waals surface area contributed by atoms with Crippen molar-refractivity contribution in [2.75, 3.05) is 17.7 Å². The Morgan fingerprint density at radius 1 is 1.45 bits per heavy atom. The predicted octanol–water partition coefficient (Wildman–Crippen LogP) is 1.11. The summed E-state index contributed by atoms with van der Waals surface area (Å²) >= 11 is 1.62. The molecule has 1 heterocycles. The van der Waals surface area contributed by atoms with E-state index in [1.54, 1.807) is 11.8 Å². The molecule has 0 aliphatic carbocycles. The van der Waals surface area contributed by atoms with Gasteiger partial charge >= 0.3 is 0 Å². The van der Waals surface area contributed by atoms with Gasteiger partial charge in [0.1, 0.15) is 6.04 Å². The topological polar surface area (TPSA) is 75.4 Å². The number of piperazine rings is 1. The minimum Gasteiger partial charge on any atom is -0.350 e. The minimum atomic E-state index is -0.324. The van der Waals surface area contributed by atoms with E-state index in [4.69, 9.17) is 5.73 Å². The monoisotopic (exact) mass is 293 g/mol. The molecule has 0 spiro atoms. The molecule has 20 heavy (non-hydrogen) atoms. The summed E-state index contributed by atoms with van der Waals surface area (Å²) in [5.74, 6) is -0.501. The van der Waals surface area contributed by atoms with Gasteiger partial charge in [-0.25, -0.2) is 0 Å². The highest BCUT2D eigenvalue weighted by Crippen LogP contribution is 2.31. The van der Waals surface area contributed by atoms with Crippen LogP contribution in [-0.2, 0) is 16.1 Å². The Hall–Kier alpha value is -1.53. The number of hydrogen-bond donors (Lipinski definition) is 2. The molecule has 2 rings (SSSR count). The van der Waals surface area contributed by atoms with E-state index in [0.29, 0.717) is 13.0 Å². The Labute approximate surface area is 122 Å². The molecule has 1 aromatic carbocycles. The van der Waals surface area contributed by atoms with Gasteiger partial charge in [-0.3, -0.25) is 14.9 Å². The van der Waals surface area contributed by atoms with Gasteiger partial charge in [-0.15, -0.1) is 11.8 Å². The van der Waals surface area contributed by atoms with Crippen molar-refractivity contribution in [3.05, 3.63) is 23.8 Å². The Kier molecular flexibility index (Phi) is 4.67. The van der Waals surface area contributed by atoms with Gasteiger partial charge in [0.05, 0.1) is 6.54 Å². The molecule has 108 valence electrons. The van der Waals surface area contributed by atoms with E-state index in [-0.39, 0.29) is 24.4 Å². The lowest BCUT2D eigenvalue weighted by Gasteiger charge is -2.36. The molecule has 1 saturated heterocycles. The van der Waals surface area contributed by atoms with Crippen molar-refractivity contribution in [1.29, 1.82) is 0 Å². The molecule has 6 heteroatoms. The van der Waals surface area contributed by atoms with Crippen LogP contribution >= 0.6 is 11.8 Å². The molecule has 1 aromatic rings. The van der Waals surface area contributed by atoms with Gasteiger partial charge in [0.2, 0.25) is 11.8 Å². The molecule has 1 unspecified atom stereocenters. The summed E-state index contributed by atoms with van der Waals surface area (Å²) in [6, 6.07) is 5.54. The Balaban J connectivity index is 2.47. The predicted molar refractivity (Wildman–Crippen MR) is 80.7 cm³/mol. The van der Waals surface area contributed by atoms with Crippen molar-refractivity contribution in [2.45, 2.75) is 30.8 Å². The van der Waals surface area contributed by atoms with Crippen molar-refractivity contribution in [1.82, 2.24) is 5.32 Å². The fraction of sp³-hybridized carbons (Fsp3) is 0.429. The van der Waals surface area contributed by atoms with Crippen molar-refractivity contribution in [3.63, 3.8) is 0 Å². The summed E-state index contributed by atoms with van der Waals surface area (Å²) in [4.78, 5) is 26.6. The van der Waals surface area contributed by atoms with Crippen LogP contribution in [0.15, 0.2) is 23.1 Å². The van der Waals surface area contributed by atoms with Crippen LogP contribution in [0.1, 0.15) is 18.9 Å². The van der Waals surface area contributed by atoms with Crippen molar-refractivity contribution in [3.8, 4) is 0 Å². The number of amides is 2. The lowest BCUT2D eigenvalue weighted by molar-refractivity contribution is -0.132. The van der Waals surface area contributed by atoms with Crippen LogP contribution in [0.25, 0.3) is 0 Å². The molecular formula is C14H19N3O2S. The zero-order chi connectivity index (χ0) is 14.7. The third kappa shape index (κ3) is 2.66. The Morgan fingerprint density at radius 2 is 2.20 bits per heavy atom. The fourth-order valence-electron chi connectivity index (χ4n) is 2.55. The molecule has 1 aliphatic rings. The quantitative estimate of drug-likeness (QED) is 0.642. The third-order valence-electron chi connectivity index (χ3n) is 3.48. The average molecular weight is 293 g/mol. The first-order valence-corrected chi connectivity index (χ1v) is 7.81. The molecule has 2 amide bonds. The van der Waals surface area contributed by atoms with Crippen LogP contribution in [-0.4, -0.2) is 30.7 Å². The Morgan fingerprint density at radius 3 is 2.80 bits per heavy atom. The normalized spacial score (nSPS) is 19.1. The summed E-state index contributed by atoms with van der Waals surface area (Å²) in [5.41, 5.74) is 7.74. The number of nitrogens with two attached hydrogens (primary N) is 1. The molecule has 3 N–H and O–H groups in total. The zero-order valence-electron chi connectivity index (χ0n) is 11.7. The molecule has 1 aliphatic heterocycles. The number of carbonyl (C=O) groups is 2. The van der Waals surface area contributed by atoms with E-state index < -0.39 is 0 Å². The molecule has 0 aromatic heterocycles. The fourth-order valence-corrected chi connectivity index (χ4v) is 3.19. The highest BCUT2D eigenvalue weighted by molar-refractivity contribution is 7.98. The van der Waals surface area contributed by atoms with E-state index in [9.17, 15) is 9.59 Å². The maximum absolute atomic E-state index is 12.0. The van der Waals surface area contributed by atoms with Gasteiger partial charge in [-0.2, -0.15) is 0 Å². The summed E-state index contributed by atoms with van der Waals surface area (Å²) in [7, 11) is 0. The molecule has 0 bridgehead atoms. The van der Waals surface area contributed by atoms with Crippen LogP contribution in [0.3, 0.4) is 0 Å². The first kappa shape index (κ1) is 14.9. The van der Waals surface area contributed by atoms with Gasteiger partial charge in [-0.05, 0) is 24.8 Å². The van der Waals surface area contributed by atoms with E-state index in [1.807, 2.05) is 36.3 Å². The molecular weight excluding hydrogens is 274 g/mol. The standard InChI is InChI=1S/C14H19N3O2S/c1-3-10-14(19)16-13(18)8-17(10)11-5-4-6-12(20-2)9(11)7-15/h4-6,10H,3,7-8,15H2,1-2H3,(H,16,18,19). The number of nitrogens with zero attached hydrogens (tertiary/aromatic N) is 1. The van der Waals surface area contributed by atoms with Crippen molar-refractivity contribution < 1.29 is 9.59 Å². The molecule has 5 nitrogen and oxygen atoms in total. The van der Waals surface area contributed by atoms with Crippen LogP contribution in [0.2, 0.25) is 0 Å². The smallest absolute Gasteiger partial charge is 0.249 e. The number of thioether (sulfide) groups is 1. The van der Waals surface area contributed by atoms with Crippen molar-refractivity contribution >= 4 is 29.3 Å². The SMILES string of the molecule is CCC1C(=O)NC(=O)CN1c1cccc(SC)c1CN. The average Bonchev–Trinajstić information content (AvgIpc) is 2.45. The summed E-state index contributed by atoms with van der Waals surface area (Å²) in [5, 5.41) is 2.39. The van der Waals surface area contributed by atoms with Gasteiger partial charge in [0.25, 0.3) is 0 Å². The van der Waals surface area contributed by atoms with Crippen molar-refractivity contribution in [2.24, 2.45) is 5.73 Å². The van der Waals surface area contributed by atoms with Crippen LogP contribution in [0.5, 0.6) is 0 Å². The number of imide groups is 1. The first-order chi connectivity index (χ1) is 9.62. The number of anilines is 1. The van der Waals surface area contributed by atoms with Crippen LogP contribution in [0.4, 0.5) is 5.69 Å². The summed E-state index contributed by atoms with van der Waals surface area (Å²) in [6.07, 6.45) is 2.64. The van der Waals surface area contributed by atoms with E-state index in [2.05, 4.69) is 5.32 Å². The Bertz CT molecular complexity index is 533. The van der Waals surface area contributed by atoms with Crippen LogP contribution in [0, 0.1) is 0 Å². The van der Waals surface area contributed by atoms with Gasteiger partial charge in [0.15, 0.2) is 0 Å². The summed E-state index contributed by atoms with van der Waals surface area (Å²) in [6.45, 7) is 2.51. The number of rotatable bonds is 4. The number of nitrogens with one attached hydrogen (secondary N) is 1. The highest BCUT2D eigenvalue weighted by atomic mass is 32.2. The van der Waals surface area contributed by atoms with Gasteiger partial charge in [-0.1, -0.05) is 13.0 Å². The highest BCUT2D eigenvalue weighted by Gasteiger charge is 2.33. The van der Waals surface area contributed by atoms with Gasteiger partial charge < -0.3 is 10.6 Å². The maximum atomic E-state index is 12.0. The minimum absolute atomic E-state index is 0.190. The second-order valence-corrected chi connectivity index (χ2v) is 5.47. The van der Waals surface area contributed by atoms with Crippen LogP contribution < -0.4 is 16.0 Å². The molecule has 0 saturated carbocycles. The van der Waals surface area contributed by atoms with Gasteiger partial charge in [0, 0.05) is 22.7 Å². The number of carbonyl (C=O) groups excluding carboxylic acids is 2. The first-order valence-electron chi connectivity index (χ1n) is 6.58. The molecule has 0 radical (unpaired) electrons. The van der Waals surface area contributed by atoms with E-state index >= 15 is 0 Å².